The summed E-state index contributed by atoms with van der Waals surface area (Å²) in [6.07, 6.45) is 4.45. The Kier molecular flexibility index (Phi) is 4.71. The molecule has 0 aliphatic rings. The van der Waals surface area contributed by atoms with E-state index >= 15 is 0 Å². The average Bonchev–Trinajstić information content (AvgIpc) is 2.65. The Balaban J connectivity index is 2.11. The Labute approximate surface area is 82.9 Å². The predicted molar refractivity (Wildman–Crippen MR) is 52.9 cm³/mol. The maximum atomic E-state index is 11.2. The highest BCUT2D eigenvalue weighted by atomic mass is 16.5. The molecule has 1 rings (SSSR count). The van der Waals surface area contributed by atoms with Gasteiger partial charge in [-0.3, -0.25) is 10.1 Å². The molecule has 78 valence electrons. The van der Waals surface area contributed by atoms with Crippen molar-refractivity contribution in [3.05, 3.63) is 12.4 Å². The van der Waals surface area contributed by atoms with Gasteiger partial charge in [0, 0.05) is 32.0 Å². The van der Waals surface area contributed by atoms with Gasteiger partial charge in [0.15, 0.2) is 0 Å². The minimum Gasteiger partial charge on any atom is -0.382 e. The normalized spacial score (nSPS) is 10.1. The lowest BCUT2D eigenvalue weighted by atomic mass is 10.3. The highest BCUT2D eigenvalue weighted by molar-refractivity contribution is 5.88. The first-order valence-corrected chi connectivity index (χ1v) is 4.70. The van der Waals surface area contributed by atoms with Gasteiger partial charge in [0.1, 0.15) is 0 Å². The molecule has 0 fully saturated rings. The number of hydrogen-bond donors (Lipinski definition) is 2. The Hall–Kier alpha value is -1.36. The van der Waals surface area contributed by atoms with E-state index in [1.54, 1.807) is 12.4 Å². The summed E-state index contributed by atoms with van der Waals surface area (Å²) in [5, 5.41) is 2.64. The van der Waals surface area contributed by atoms with Crippen LogP contribution in [0.25, 0.3) is 0 Å². The maximum absolute atomic E-state index is 11.2. The molecular weight excluding hydrogens is 182 g/mol. The van der Waals surface area contributed by atoms with Gasteiger partial charge in [-0.05, 0) is 13.3 Å². The van der Waals surface area contributed by atoms with Crippen LogP contribution < -0.4 is 5.32 Å². The molecule has 1 aromatic heterocycles. The molecule has 0 unspecified atom stereocenters. The second-order valence-electron chi connectivity index (χ2n) is 2.79. The van der Waals surface area contributed by atoms with Gasteiger partial charge in [-0.2, -0.15) is 0 Å². The molecule has 0 radical (unpaired) electrons. The largest absolute Gasteiger partial charge is 0.382 e. The van der Waals surface area contributed by atoms with Crippen LogP contribution in [0, 0.1) is 0 Å². The Bertz CT molecular complexity index is 259. The molecule has 1 aromatic rings. The number of anilines is 1. The number of ether oxygens (including phenoxy) is 1. The van der Waals surface area contributed by atoms with Crippen molar-refractivity contribution in [3.8, 4) is 0 Å². The van der Waals surface area contributed by atoms with Crippen LogP contribution in [0.3, 0.4) is 0 Å². The first kappa shape index (κ1) is 10.7. The standard InChI is InChI=1S/C9H15N3O2/c1-2-14-7-3-4-8(13)12-9-10-5-6-11-9/h5-6H,2-4,7H2,1H3,(H2,10,11,12,13). The number of imidazole rings is 1. The van der Waals surface area contributed by atoms with Crippen molar-refractivity contribution in [2.45, 2.75) is 19.8 Å². The predicted octanol–water partition coefficient (Wildman–Crippen LogP) is 1.16. The quantitative estimate of drug-likeness (QED) is 0.672. The fourth-order valence-corrected chi connectivity index (χ4v) is 1.01. The molecule has 0 spiro atoms. The minimum atomic E-state index is -0.0420. The van der Waals surface area contributed by atoms with Crippen molar-refractivity contribution in [1.82, 2.24) is 9.97 Å². The molecule has 5 heteroatoms. The van der Waals surface area contributed by atoms with Crippen LogP contribution >= 0.6 is 0 Å². The first-order chi connectivity index (χ1) is 6.83. The lowest BCUT2D eigenvalue weighted by Crippen LogP contribution is -2.13. The number of nitrogens with zero attached hydrogens (tertiary/aromatic N) is 1. The number of rotatable bonds is 6. The molecule has 0 saturated carbocycles. The van der Waals surface area contributed by atoms with Gasteiger partial charge < -0.3 is 9.72 Å². The smallest absolute Gasteiger partial charge is 0.226 e. The lowest BCUT2D eigenvalue weighted by Gasteiger charge is -2.01. The molecule has 0 atom stereocenters. The second kappa shape index (κ2) is 6.15. The Morgan fingerprint density at radius 1 is 1.71 bits per heavy atom. The van der Waals surface area contributed by atoms with Crippen LogP contribution in [0.4, 0.5) is 5.95 Å². The van der Waals surface area contributed by atoms with E-state index in [9.17, 15) is 4.79 Å². The number of aromatic nitrogens is 2. The molecule has 1 amide bonds. The summed E-state index contributed by atoms with van der Waals surface area (Å²) in [7, 11) is 0. The maximum Gasteiger partial charge on any atom is 0.226 e. The van der Waals surface area contributed by atoms with Crippen LogP contribution in [0.1, 0.15) is 19.8 Å². The van der Waals surface area contributed by atoms with Crippen molar-refractivity contribution >= 4 is 11.9 Å². The Morgan fingerprint density at radius 3 is 3.21 bits per heavy atom. The number of H-pyrrole nitrogens is 1. The molecule has 2 N–H and O–H groups in total. The number of carbonyl (C=O) groups is 1. The van der Waals surface area contributed by atoms with E-state index in [1.165, 1.54) is 0 Å². The number of amides is 1. The van der Waals surface area contributed by atoms with Gasteiger partial charge in [0.05, 0.1) is 0 Å². The van der Waals surface area contributed by atoms with E-state index in [1.807, 2.05) is 6.92 Å². The van der Waals surface area contributed by atoms with Crippen molar-refractivity contribution in [2.24, 2.45) is 0 Å². The van der Waals surface area contributed by atoms with Gasteiger partial charge >= 0.3 is 0 Å². The summed E-state index contributed by atoms with van der Waals surface area (Å²) in [5.41, 5.74) is 0. The van der Waals surface area contributed by atoms with Crippen molar-refractivity contribution < 1.29 is 9.53 Å². The van der Waals surface area contributed by atoms with Gasteiger partial charge in [-0.1, -0.05) is 0 Å². The summed E-state index contributed by atoms with van der Waals surface area (Å²) in [6, 6.07) is 0. The van der Waals surface area contributed by atoms with E-state index in [-0.39, 0.29) is 5.91 Å². The summed E-state index contributed by atoms with van der Waals surface area (Å²) >= 11 is 0. The zero-order valence-electron chi connectivity index (χ0n) is 8.25. The molecular formula is C9H15N3O2. The average molecular weight is 197 g/mol. The fraction of sp³-hybridized carbons (Fsp3) is 0.556. The zero-order valence-corrected chi connectivity index (χ0v) is 8.25. The van der Waals surface area contributed by atoms with Crippen molar-refractivity contribution in [1.29, 1.82) is 0 Å². The molecule has 14 heavy (non-hydrogen) atoms. The summed E-state index contributed by atoms with van der Waals surface area (Å²) in [6.45, 7) is 3.25. The van der Waals surface area contributed by atoms with E-state index in [2.05, 4.69) is 15.3 Å². The number of nitrogens with one attached hydrogen (secondary N) is 2. The SMILES string of the molecule is CCOCCCC(=O)Nc1ncc[nH]1. The highest BCUT2D eigenvalue weighted by Crippen LogP contribution is 1.98. The van der Waals surface area contributed by atoms with Crippen molar-refractivity contribution in [2.75, 3.05) is 18.5 Å². The second-order valence-corrected chi connectivity index (χ2v) is 2.79. The lowest BCUT2D eigenvalue weighted by molar-refractivity contribution is -0.116. The van der Waals surface area contributed by atoms with Gasteiger partial charge in [0.25, 0.3) is 0 Å². The summed E-state index contributed by atoms with van der Waals surface area (Å²) < 4.78 is 5.12. The van der Waals surface area contributed by atoms with E-state index in [4.69, 9.17) is 4.74 Å². The summed E-state index contributed by atoms with van der Waals surface area (Å²) in [5.74, 6) is 0.450. The molecule has 0 aliphatic heterocycles. The zero-order chi connectivity index (χ0) is 10.2. The first-order valence-electron chi connectivity index (χ1n) is 4.70. The van der Waals surface area contributed by atoms with E-state index in [0.29, 0.717) is 25.6 Å². The van der Waals surface area contributed by atoms with Gasteiger partial charge in [-0.25, -0.2) is 4.98 Å². The Morgan fingerprint density at radius 2 is 2.57 bits per heavy atom. The van der Waals surface area contributed by atoms with Crippen LogP contribution in [0.2, 0.25) is 0 Å². The van der Waals surface area contributed by atoms with Crippen LogP contribution in [-0.4, -0.2) is 29.1 Å². The fourth-order valence-electron chi connectivity index (χ4n) is 1.01. The van der Waals surface area contributed by atoms with Gasteiger partial charge in [-0.15, -0.1) is 0 Å². The van der Waals surface area contributed by atoms with E-state index < -0.39 is 0 Å². The molecule has 1 heterocycles. The minimum absolute atomic E-state index is 0.0420. The highest BCUT2D eigenvalue weighted by Gasteiger charge is 2.02. The molecule has 0 aromatic carbocycles. The van der Waals surface area contributed by atoms with Crippen molar-refractivity contribution in [3.63, 3.8) is 0 Å². The molecule has 5 nitrogen and oxygen atoms in total. The monoisotopic (exact) mass is 197 g/mol. The molecule has 0 aliphatic carbocycles. The van der Waals surface area contributed by atoms with Gasteiger partial charge in [0.2, 0.25) is 11.9 Å². The third-order valence-corrected chi connectivity index (χ3v) is 1.65. The number of hydrogen-bond acceptors (Lipinski definition) is 3. The number of aromatic amines is 1. The topological polar surface area (TPSA) is 67.0 Å². The summed E-state index contributed by atoms with van der Waals surface area (Å²) in [4.78, 5) is 17.9. The van der Waals surface area contributed by atoms with Crippen LogP contribution in [0.5, 0.6) is 0 Å². The van der Waals surface area contributed by atoms with Crippen LogP contribution in [-0.2, 0) is 9.53 Å². The molecule has 0 bridgehead atoms. The van der Waals surface area contributed by atoms with Crippen LogP contribution in [0.15, 0.2) is 12.4 Å². The van der Waals surface area contributed by atoms with E-state index in [0.717, 1.165) is 6.42 Å². The third kappa shape index (κ3) is 4.04. The third-order valence-electron chi connectivity index (χ3n) is 1.65. The molecule has 0 saturated heterocycles. The number of carbonyl (C=O) groups excluding carboxylic acids is 1.